The predicted octanol–water partition coefficient (Wildman–Crippen LogP) is 4.99. The second-order valence-electron chi connectivity index (χ2n) is 9.83. The zero-order chi connectivity index (χ0) is 26.0. The Morgan fingerprint density at radius 2 is 2.03 bits per heavy atom. The quantitative estimate of drug-likeness (QED) is 0.329. The molecular weight excluding hydrogens is 474 g/mol. The predicted molar refractivity (Wildman–Crippen MR) is 138 cm³/mol. The number of aromatic amines is 1. The second kappa shape index (κ2) is 9.88. The van der Waals surface area contributed by atoms with Crippen LogP contribution in [0, 0.1) is 6.92 Å². The summed E-state index contributed by atoms with van der Waals surface area (Å²) in [7, 11) is 0. The van der Waals surface area contributed by atoms with Crippen molar-refractivity contribution < 1.29 is 14.1 Å². The van der Waals surface area contributed by atoms with E-state index in [0.29, 0.717) is 41.4 Å². The summed E-state index contributed by atoms with van der Waals surface area (Å²) in [5.74, 6) is 2.52. The molecule has 3 N–H and O–H groups in total. The molecule has 1 saturated heterocycles. The maximum atomic E-state index is 12.5. The van der Waals surface area contributed by atoms with Gasteiger partial charge in [-0.3, -0.25) is 15.4 Å². The van der Waals surface area contributed by atoms with Gasteiger partial charge in [0.1, 0.15) is 22.9 Å². The molecule has 0 saturated carbocycles. The minimum Gasteiger partial charge on any atom is -0.444 e. The van der Waals surface area contributed by atoms with E-state index >= 15 is 0 Å². The van der Waals surface area contributed by atoms with Gasteiger partial charge < -0.3 is 19.5 Å². The van der Waals surface area contributed by atoms with Crippen LogP contribution in [0.2, 0.25) is 0 Å². The highest BCUT2D eigenvalue weighted by molar-refractivity contribution is 5.84. The molecule has 192 valence electrons. The fourth-order valence-electron chi connectivity index (χ4n) is 4.11. The summed E-state index contributed by atoms with van der Waals surface area (Å²) in [6.45, 7) is 8.03. The van der Waals surface area contributed by atoms with Crippen molar-refractivity contribution in [3.63, 3.8) is 0 Å². The average molecular weight is 504 g/mol. The number of aryl methyl sites for hydroxylation is 1. The van der Waals surface area contributed by atoms with Crippen molar-refractivity contribution in [2.24, 2.45) is 0 Å². The van der Waals surface area contributed by atoms with Gasteiger partial charge in [0.15, 0.2) is 11.6 Å². The third-order valence-electron chi connectivity index (χ3n) is 5.63. The SMILES string of the molecule is Cc1cc(Nc2cc(NC(=O)OC(C)(C)C)nc(N3CCCC3c3cc(-c4cccnc4)no3)n2)n[nH]1. The summed E-state index contributed by atoms with van der Waals surface area (Å²) < 4.78 is 11.2. The summed E-state index contributed by atoms with van der Waals surface area (Å²) in [4.78, 5) is 28.1. The highest BCUT2D eigenvalue weighted by Gasteiger charge is 2.32. The molecule has 5 heterocycles. The van der Waals surface area contributed by atoms with Crippen molar-refractivity contribution >= 4 is 29.5 Å². The van der Waals surface area contributed by atoms with Crippen LogP contribution < -0.4 is 15.5 Å². The second-order valence-corrected chi connectivity index (χ2v) is 9.83. The Morgan fingerprint density at radius 1 is 1.19 bits per heavy atom. The third kappa shape index (κ3) is 5.85. The fourth-order valence-corrected chi connectivity index (χ4v) is 4.11. The van der Waals surface area contributed by atoms with Crippen LogP contribution in [0.15, 0.2) is 47.2 Å². The van der Waals surface area contributed by atoms with Crippen LogP contribution in [0.25, 0.3) is 11.3 Å². The van der Waals surface area contributed by atoms with Crippen LogP contribution in [-0.2, 0) is 4.74 Å². The molecule has 5 rings (SSSR count). The number of rotatable bonds is 6. The number of anilines is 4. The molecule has 1 amide bonds. The van der Waals surface area contributed by atoms with Gasteiger partial charge in [0.05, 0.1) is 6.04 Å². The topological polar surface area (TPSA) is 147 Å². The lowest BCUT2D eigenvalue weighted by atomic mass is 10.1. The molecule has 0 aliphatic carbocycles. The van der Waals surface area contributed by atoms with Crippen LogP contribution in [-0.4, -0.2) is 48.5 Å². The number of hydrogen-bond acceptors (Lipinski definition) is 10. The Bertz CT molecular complexity index is 1380. The van der Waals surface area contributed by atoms with Crippen molar-refractivity contribution in [3.8, 4) is 11.3 Å². The molecule has 1 fully saturated rings. The zero-order valence-corrected chi connectivity index (χ0v) is 21.1. The first-order chi connectivity index (χ1) is 17.7. The molecule has 1 atom stereocenters. The number of nitrogens with one attached hydrogen (secondary N) is 3. The van der Waals surface area contributed by atoms with E-state index in [1.807, 2.05) is 31.2 Å². The van der Waals surface area contributed by atoms with Gasteiger partial charge in [0, 0.05) is 48.4 Å². The molecule has 0 bridgehead atoms. The molecule has 4 aromatic rings. The van der Waals surface area contributed by atoms with Gasteiger partial charge in [-0.25, -0.2) is 4.79 Å². The minimum absolute atomic E-state index is 0.116. The molecule has 0 aromatic carbocycles. The number of carbonyl (C=O) groups is 1. The van der Waals surface area contributed by atoms with Gasteiger partial charge in [0.2, 0.25) is 5.95 Å². The van der Waals surface area contributed by atoms with Gasteiger partial charge in [-0.05, 0) is 52.7 Å². The average Bonchev–Trinajstić information content (AvgIpc) is 3.59. The molecule has 12 nitrogen and oxygen atoms in total. The highest BCUT2D eigenvalue weighted by Crippen LogP contribution is 2.37. The van der Waals surface area contributed by atoms with Gasteiger partial charge in [-0.1, -0.05) is 5.16 Å². The third-order valence-corrected chi connectivity index (χ3v) is 5.63. The summed E-state index contributed by atoms with van der Waals surface area (Å²) in [5, 5.41) is 17.3. The summed E-state index contributed by atoms with van der Waals surface area (Å²) in [5.41, 5.74) is 1.85. The number of carbonyl (C=O) groups excluding carboxylic acids is 1. The number of hydrogen-bond donors (Lipinski definition) is 3. The zero-order valence-electron chi connectivity index (χ0n) is 21.1. The first kappa shape index (κ1) is 24.2. The first-order valence-corrected chi connectivity index (χ1v) is 12.1. The highest BCUT2D eigenvalue weighted by atomic mass is 16.6. The van der Waals surface area contributed by atoms with Gasteiger partial charge in [0.25, 0.3) is 0 Å². The Hall–Kier alpha value is -4.48. The molecule has 0 radical (unpaired) electrons. The Labute approximate surface area is 213 Å². The van der Waals surface area contributed by atoms with Crippen molar-refractivity contribution in [3.05, 3.63) is 54.2 Å². The standard InChI is InChI=1S/C25H29N9O3/c1-15-11-22(32-31-15)27-20-13-21(30-24(35)36-25(2,3)4)29-23(28-20)34-10-6-8-18(34)19-12-17(33-37-19)16-7-5-9-26-14-16/h5,7,9,11-14,18H,6,8,10H2,1-4H3,(H3,27,28,29,30,31,32,35). The maximum absolute atomic E-state index is 12.5. The molecule has 1 aliphatic heterocycles. The van der Waals surface area contributed by atoms with Crippen molar-refractivity contribution in [2.45, 2.75) is 52.2 Å². The molecular formula is C25H29N9O3. The first-order valence-electron chi connectivity index (χ1n) is 12.1. The Balaban J connectivity index is 1.44. The van der Waals surface area contributed by atoms with E-state index in [9.17, 15) is 4.79 Å². The lowest BCUT2D eigenvalue weighted by molar-refractivity contribution is 0.0635. The monoisotopic (exact) mass is 503 g/mol. The van der Waals surface area contributed by atoms with Gasteiger partial charge in [-0.15, -0.1) is 0 Å². The van der Waals surface area contributed by atoms with Crippen LogP contribution in [0.3, 0.4) is 0 Å². The smallest absolute Gasteiger partial charge is 0.413 e. The summed E-state index contributed by atoms with van der Waals surface area (Å²) in [6, 6.07) is 9.10. The molecule has 4 aromatic heterocycles. The van der Waals surface area contributed by atoms with E-state index in [-0.39, 0.29) is 6.04 Å². The number of H-pyrrole nitrogens is 1. The van der Waals surface area contributed by atoms with Gasteiger partial charge in [-0.2, -0.15) is 15.1 Å². The van der Waals surface area contributed by atoms with Crippen molar-refractivity contribution in [2.75, 3.05) is 22.1 Å². The number of amides is 1. The van der Waals surface area contributed by atoms with E-state index in [1.54, 1.807) is 39.2 Å². The van der Waals surface area contributed by atoms with Gasteiger partial charge >= 0.3 is 6.09 Å². The number of pyridine rings is 1. The molecule has 37 heavy (non-hydrogen) atoms. The van der Waals surface area contributed by atoms with Crippen LogP contribution >= 0.6 is 0 Å². The minimum atomic E-state index is -0.647. The number of ether oxygens (including phenoxy) is 1. The largest absolute Gasteiger partial charge is 0.444 e. The van der Waals surface area contributed by atoms with Crippen molar-refractivity contribution in [1.29, 1.82) is 0 Å². The molecule has 1 unspecified atom stereocenters. The van der Waals surface area contributed by atoms with E-state index in [2.05, 4.69) is 40.9 Å². The lowest BCUT2D eigenvalue weighted by Gasteiger charge is -2.24. The lowest BCUT2D eigenvalue weighted by Crippen LogP contribution is -2.28. The number of aromatic nitrogens is 6. The summed E-state index contributed by atoms with van der Waals surface area (Å²) in [6.07, 6.45) is 4.62. The van der Waals surface area contributed by atoms with Crippen LogP contribution in [0.1, 0.15) is 51.1 Å². The Kier molecular flexibility index (Phi) is 6.47. The van der Waals surface area contributed by atoms with Crippen LogP contribution in [0.4, 0.5) is 28.2 Å². The summed E-state index contributed by atoms with van der Waals surface area (Å²) >= 11 is 0. The number of nitrogens with zero attached hydrogens (tertiary/aromatic N) is 6. The van der Waals surface area contributed by atoms with Crippen LogP contribution in [0.5, 0.6) is 0 Å². The normalized spacial score (nSPS) is 15.6. The molecule has 0 spiro atoms. The maximum Gasteiger partial charge on any atom is 0.413 e. The fraction of sp³-hybridized carbons (Fsp3) is 0.360. The van der Waals surface area contributed by atoms with Crippen molar-refractivity contribution in [1.82, 2.24) is 30.3 Å². The van der Waals surface area contributed by atoms with E-state index in [0.717, 1.165) is 24.1 Å². The van der Waals surface area contributed by atoms with E-state index in [4.69, 9.17) is 14.2 Å². The Morgan fingerprint density at radius 3 is 2.76 bits per heavy atom. The van der Waals surface area contributed by atoms with E-state index < -0.39 is 11.7 Å². The molecule has 1 aliphatic rings. The molecule has 12 heteroatoms. The van der Waals surface area contributed by atoms with E-state index in [1.165, 1.54) is 0 Å².